The van der Waals surface area contributed by atoms with Crippen molar-refractivity contribution in [2.24, 2.45) is 4.99 Å². The molecule has 0 aromatic carbocycles. The molecule has 0 saturated carbocycles. The molecule has 1 aliphatic rings. The van der Waals surface area contributed by atoms with E-state index in [0.29, 0.717) is 23.1 Å². The van der Waals surface area contributed by atoms with Crippen molar-refractivity contribution in [3.8, 4) is 0 Å². The van der Waals surface area contributed by atoms with Gasteiger partial charge in [0.15, 0.2) is 0 Å². The van der Waals surface area contributed by atoms with Crippen molar-refractivity contribution in [2.45, 2.75) is 25.9 Å². The number of hydrogen-bond acceptors (Lipinski definition) is 4. The van der Waals surface area contributed by atoms with E-state index in [1.807, 2.05) is 36.7 Å². The van der Waals surface area contributed by atoms with Crippen LogP contribution in [0.1, 0.15) is 24.2 Å². The van der Waals surface area contributed by atoms with Crippen molar-refractivity contribution in [1.82, 2.24) is 14.9 Å². The fourth-order valence-electron chi connectivity index (χ4n) is 2.56. The molecule has 2 aromatic rings. The van der Waals surface area contributed by atoms with Crippen LogP contribution in [0, 0.1) is 0 Å². The van der Waals surface area contributed by atoms with E-state index in [4.69, 9.17) is 23.2 Å². The summed E-state index contributed by atoms with van der Waals surface area (Å²) < 4.78 is 0. The molecule has 0 N–H and O–H groups in total. The Morgan fingerprint density at radius 3 is 2.08 bits per heavy atom. The van der Waals surface area contributed by atoms with Gasteiger partial charge in [0.2, 0.25) is 0 Å². The van der Waals surface area contributed by atoms with Crippen LogP contribution >= 0.6 is 23.2 Å². The smallest absolute Gasteiger partial charge is 0.0729 e. The van der Waals surface area contributed by atoms with E-state index < -0.39 is 0 Å². The van der Waals surface area contributed by atoms with E-state index >= 15 is 0 Å². The summed E-state index contributed by atoms with van der Waals surface area (Å²) in [6, 6.07) is 7.41. The fraction of sp³-hybridized carbons (Fsp3) is 0.278. The van der Waals surface area contributed by atoms with Gasteiger partial charge in [-0.2, -0.15) is 0 Å². The monoisotopic (exact) mass is 360 g/mol. The van der Waals surface area contributed by atoms with Gasteiger partial charge in [-0.25, -0.2) is 0 Å². The second kappa shape index (κ2) is 8.38. The second-order valence-electron chi connectivity index (χ2n) is 5.65. The van der Waals surface area contributed by atoms with Gasteiger partial charge in [0.05, 0.1) is 21.4 Å². The average Bonchev–Trinajstić information content (AvgIpc) is 3.10. The van der Waals surface area contributed by atoms with Crippen molar-refractivity contribution < 1.29 is 0 Å². The second-order valence-corrected chi connectivity index (χ2v) is 6.46. The molecule has 1 aliphatic heterocycles. The standard InChI is InChI=1S/C18H18Cl2N4/c19-15-3-1-7-22-17(15)12-24(10-6-14-5-9-21-11-14)13-18-16(20)4-2-8-23-18/h1-4,7-9,11H,5-6,10,12-13H2. The molecule has 0 radical (unpaired) electrons. The van der Waals surface area contributed by atoms with Gasteiger partial charge in [0.1, 0.15) is 0 Å². The molecule has 0 saturated heterocycles. The Morgan fingerprint density at radius 2 is 1.58 bits per heavy atom. The summed E-state index contributed by atoms with van der Waals surface area (Å²) in [5, 5.41) is 1.36. The Balaban J connectivity index is 1.72. The Hall–Kier alpha value is -1.75. The van der Waals surface area contributed by atoms with Crippen LogP contribution in [0.4, 0.5) is 0 Å². The lowest BCUT2D eigenvalue weighted by atomic mass is 10.1. The van der Waals surface area contributed by atoms with Crippen LogP contribution in [0.2, 0.25) is 10.0 Å². The van der Waals surface area contributed by atoms with Crippen LogP contribution in [0.25, 0.3) is 0 Å². The quantitative estimate of drug-likeness (QED) is 0.727. The summed E-state index contributed by atoms with van der Waals surface area (Å²) in [7, 11) is 0. The van der Waals surface area contributed by atoms with Crippen LogP contribution in [0.5, 0.6) is 0 Å². The first-order chi connectivity index (χ1) is 11.7. The van der Waals surface area contributed by atoms with E-state index in [9.17, 15) is 0 Å². The maximum Gasteiger partial charge on any atom is 0.0729 e. The highest BCUT2D eigenvalue weighted by Crippen LogP contribution is 2.20. The summed E-state index contributed by atoms with van der Waals surface area (Å²) >= 11 is 12.5. The van der Waals surface area contributed by atoms with Gasteiger partial charge >= 0.3 is 0 Å². The predicted octanol–water partition coefficient (Wildman–Crippen LogP) is 4.53. The maximum atomic E-state index is 6.27. The van der Waals surface area contributed by atoms with Gasteiger partial charge in [0.25, 0.3) is 0 Å². The van der Waals surface area contributed by atoms with E-state index in [-0.39, 0.29) is 0 Å². The molecule has 124 valence electrons. The molecule has 0 spiro atoms. The highest BCUT2D eigenvalue weighted by Gasteiger charge is 2.14. The first-order valence-electron chi connectivity index (χ1n) is 7.83. The number of pyridine rings is 2. The molecule has 0 amide bonds. The Labute approximate surface area is 151 Å². The Bertz CT molecular complexity index is 711. The molecule has 0 fully saturated rings. The van der Waals surface area contributed by atoms with Crippen LogP contribution < -0.4 is 0 Å². The third kappa shape index (κ3) is 4.63. The molecular weight excluding hydrogens is 343 g/mol. The lowest BCUT2D eigenvalue weighted by Gasteiger charge is -2.22. The molecule has 0 unspecified atom stereocenters. The summed E-state index contributed by atoms with van der Waals surface area (Å²) in [6.45, 7) is 2.18. The molecule has 6 heteroatoms. The number of aliphatic imine (C=N–C) groups is 1. The number of hydrogen-bond donors (Lipinski definition) is 0. The van der Waals surface area contributed by atoms with Crippen molar-refractivity contribution in [2.75, 3.05) is 6.54 Å². The van der Waals surface area contributed by atoms with Crippen molar-refractivity contribution in [1.29, 1.82) is 0 Å². The largest absolute Gasteiger partial charge is 0.291 e. The molecule has 4 nitrogen and oxygen atoms in total. The zero-order chi connectivity index (χ0) is 16.8. The normalized spacial score (nSPS) is 13.5. The lowest BCUT2D eigenvalue weighted by molar-refractivity contribution is 0.253. The first kappa shape index (κ1) is 17.1. The van der Waals surface area contributed by atoms with Crippen LogP contribution in [-0.2, 0) is 13.1 Å². The fourth-order valence-corrected chi connectivity index (χ4v) is 2.92. The maximum absolute atomic E-state index is 6.27. The van der Waals surface area contributed by atoms with Gasteiger partial charge in [-0.1, -0.05) is 23.2 Å². The van der Waals surface area contributed by atoms with E-state index in [1.165, 1.54) is 5.57 Å². The minimum absolute atomic E-state index is 0.653. The first-order valence-corrected chi connectivity index (χ1v) is 8.58. The minimum atomic E-state index is 0.653. The predicted molar refractivity (Wildman–Crippen MR) is 98.4 cm³/mol. The van der Waals surface area contributed by atoms with Crippen LogP contribution in [0.15, 0.2) is 53.4 Å². The molecule has 3 heterocycles. The van der Waals surface area contributed by atoms with Crippen LogP contribution in [0.3, 0.4) is 0 Å². The van der Waals surface area contributed by atoms with Crippen molar-refractivity contribution >= 4 is 29.4 Å². The summed E-state index contributed by atoms with van der Waals surface area (Å²) in [5.74, 6) is 0. The third-order valence-electron chi connectivity index (χ3n) is 3.88. The van der Waals surface area contributed by atoms with Gasteiger partial charge in [-0.3, -0.25) is 19.9 Å². The van der Waals surface area contributed by atoms with Gasteiger partial charge < -0.3 is 0 Å². The summed E-state index contributed by atoms with van der Waals surface area (Å²) in [4.78, 5) is 15.2. The summed E-state index contributed by atoms with van der Waals surface area (Å²) in [6.07, 6.45) is 9.29. The molecule has 2 aromatic heterocycles. The topological polar surface area (TPSA) is 41.4 Å². The third-order valence-corrected chi connectivity index (χ3v) is 4.57. The molecule has 3 rings (SSSR count). The molecule has 0 bridgehead atoms. The van der Waals surface area contributed by atoms with Gasteiger partial charge in [-0.15, -0.1) is 0 Å². The number of halogens is 2. The number of aromatic nitrogens is 2. The number of nitrogens with zero attached hydrogens (tertiary/aromatic N) is 4. The van der Waals surface area contributed by atoms with Crippen molar-refractivity contribution in [3.63, 3.8) is 0 Å². The van der Waals surface area contributed by atoms with E-state index in [2.05, 4.69) is 19.9 Å². The van der Waals surface area contributed by atoms with Gasteiger partial charge in [-0.05, 0) is 36.3 Å². The van der Waals surface area contributed by atoms with E-state index in [1.54, 1.807) is 12.4 Å². The van der Waals surface area contributed by atoms with Gasteiger partial charge in [0, 0.05) is 50.9 Å². The minimum Gasteiger partial charge on any atom is -0.291 e. The molecular formula is C18H18Cl2N4. The number of rotatable bonds is 7. The SMILES string of the molecule is Clc1cccnc1CN(CCC1=CN=CC1)Cc1ncccc1Cl. The zero-order valence-electron chi connectivity index (χ0n) is 13.2. The molecule has 24 heavy (non-hydrogen) atoms. The Kier molecular flexibility index (Phi) is 5.96. The summed E-state index contributed by atoms with van der Waals surface area (Å²) in [5.41, 5.74) is 3.06. The average molecular weight is 361 g/mol. The van der Waals surface area contributed by atoms with Crippen LogP contribution in [-0.4, -0.2) is 27.6 Å². The highest BCUT2D eigenvalue weighted by molar-refractivity contribution is 6.31. The van der Waals surface area contributed by atoms with E-state index in [0.717, 1.165) is 30.8 Å². The molecule has 0 aliphatic carbocycles. The lowest BCUT2D eigenvalue weighted by Crippen LogP contribution is -2.25. The highest BCUT2D eigenvalue weighted by atomic mass is 35.5. The molecule has 0 atom stereocenters. The Morgan fingerprint density at radius 1 is 0.958 bits per heavy atom. The van der Waals surface area contributed by atoms with Crippen molar-refractivity contribution in [3.05, 3.63) is 69.9 Å². The zero-order valence-corrected chi connectivity index (χ0v) is 14.7.